The van der Waals surface area contributed by atoms with E-state index in [4.69, 9.17) is 10.6 Å². The highest BCUT2D eigenvalue weighted by Gasteiger charge is 2.03. The zero-order valence-electron chi connectivity index (χ0n) is 8.40. The van der Waals surface area contributed by atoms with Crippen LogP contribution in [0.4, 0.5) is 0 Å². The van der Waals surface area contributed by atoms with E-state index in [1.54, 1.807) is 11.8 Å². The lowest BCUT2D eigenvalue weighted by molar-refractivity contribution is 0.208. The highest BCUT2D eigenvalue weighted by molar-refractivity contribution is 5.96. The molecule has 0 aromatic carbocycles. The summed E-state index contributed by atoms with van der Waals surface area (Å²) in [4.78, 5) is 4.20. The van der Waals surface area contributed by atoms with E-state index < -0.39 is 0 Å². The summed E-state index contributed by atoms with van der Waals surface area (Å²) in [6.45, 7) is 1.13. The number of hydrogen-bond donors (Lipinski definition) is 2. The molecule has 0 saturated carbocycles. The maximum atomic E-state index is 5.33. The van der Waals surface area contributed by atoms with Crippen LogP contribution >= 0.6 is 0 Å². The first-order valence-corrected chi connectivity index (χ1v) is 4.28. The first-order chi connectivity index (χ1) is 6.77. The van der Waals surface area contributed by atoms with E-state index in [0.29, 0.717) is 19.0 Å². The molecule has 1 heterocycles. The van der Waals surface area contributed by atoms with Gasteiger partial charge in [-0.25, -0.2) is 5.84 Å². The molecule has 0 aliphatic carbocycles. The van der Waals surface area contributed by atoms with Crippen LogP contribution < -0.4 is 11.3 Å². The minimum absolute atomic E-state index is 0.562. The van der Waals surface area contributed by atoms with Crippen LogP contribution in [-0.2, 0) is 11.8 Å². The van der Waals surface area contributed by atoms with E-state index >= 15 is 0 Å². The number of nitrogens with one attached hydrogen (secondary N) is 1. The van der Waals surface area contributed by atoms with E-state index in [0.717, 1.165) is 5.69 Å². The molecule has 0 radical (unpaired) electrons. The maximum absolute atomic E-state index is 5.33. The molecule has 6 nitrogen and oxygen atoms in total. The molecule has 1 aromatic rings. The third-order valence-electron chi connectivity index (χ3n) is 1.66. The third kappa shape index (κ3) is 2.82. The number of methoxy groups -OCH3 is 1. The fraction of sp³-hybridized carbons (Fsp3) is 0.500. The standard InChI is InChI=1S/C8H15N5O/c1-13-5-3-7(12-13)8(11-9)10-4-6-14-2/h3,5H,4,6,9H2,1-2H3,(H,10,11). The topological polar surface area (TPSA) is 77.5 Å². The summed E-state index contributed by atoms with van der Waals surface area (Å²) in [6.07, 6.45) is 1.83. The number of hydrogen-bond acceptors (Lipinski definition) is 4. The fourth-order valence-electron chi connectivity index (χ4n) is 0.991. The lowest BCUT2D eigenvalue weighted by Gasteiger charge is -2.01. The molecule has 1 aromatic heterocycles. The Balaban J connectivity index is 2.66. The van der Waals surface area contributed by atoms with Crippen LogP contribution in [0.2, 0.25) is 0 Å². The average Bonchev–Trinajstić information content (AvgIpc) is 2.60. The van der Waals surface area contributed by atoms with E-state index in [2.05, 4.69) is 15.5 Å². The van der Waals surface area contributed by atoms with Crippen LogP contribution in [-0.4, -0.2) is 35.9 Å². The summed E-state index contributed by atoms with van der Waals surface area (Å²) in [5.41, 5.74) is 3.24. The average molecular weight is 197 g/mol. The Morgan fingerprint density at radius 1 is 1.79 bits per heavy atom. The molecule has 0 spiro atoms. The van der Waals surface area contributed by atoms with Crippen molar-refractivity contribution in [1.82, 2.24) is 15.2 Å². The van der Waals surface area contributed by atoms with Crippen LogP contribution in [0.1, 0.15) is 5.69 Å². The van der Waals surface area contributed by atoms with Gasteiger partial charge in [-0.1, -0.05) is 0 Å². The second kappa shape index (κ2) is 5.36. The highest BCUT2D eigenvalue weighted by Crippen LogP contribution is 1.94. The smallest absolute Gasteiger partial charge is 0.163 e. The van der Waals surface area contributed by atoms with Crippen molar-refractivity contribution in [3.05, 3.63) is 18.0 Å². The summed E-state index contributed by atoms with van der Waals surface area (Å²) in [6, 6.07) is 1.84. The van der Waals surface area contributed by atoms with Crippen molar-refractivity contribution in [2.24, 2.45) is 17.9 Å². The van der Waals surface area contributed by atoms with Gasteiger partial charge in [0.05, 0.1) is 13.2 Å². The number of nitrogens with two attached hydrogens (primary N) is 1. The number of aromatic nitrogens is 2. The summed E-state index contributed by atoms with van der Waals surface area (Å²) >= 11 is 0. The predicted molar refractivity (Wildman–Crippen MR) is 53.8 cm³/mol. The first kappa shape index (κ1) is 10.7. The minimum Gasteiger partial charge on any atom is -0.383 e. The summed E-state index contributed by atoms with van der Waals surface area (Å²) < 4.78 is 6.57. The highest BCUT2D eigenvalue weighted by atomic mass is 16.5. The maximum Gasteiger partial charge on any atom is 0.163 e. The molecule has 0 atom stereocenters. The Bertz CT molecular complexity index is 306. The Kier molecular flexibility index (Phi) is 4.09. The second-order valence-corrected chi connectivity index (χ2v) is 2.74. The van der Waals surface area contributed by atoms with E-state index in [-0.39, 0.29) is 0 Å². The molecule has 1 rings (SSSR count). The number of rotatable bonds is 4. The molecule has 0 aliphatic heterocycles. The SMILES string of the molecule is COCCN=C(NN)c1ccn(C)n1. The molecular formula is C8H15N5O. The van der Waals surface area contributed by atoms with Crippen LogP contribution in [0.25, 0.3) is 0 Å². The molecule has 0 unspecified atom stereocenters. The quantitative estimate of drug-likeness (QED) is 0.219. The lowest BCUT2D eigenvalue weighted by atomic mass is 10.4. The fourth-order valence-corrected chi connectivity index (χ4v) is 0.991. The van der Waals surface area contributed by atoms with Gasteiger partial charge in [0, 0.05) is 20.4 Å². The third-order valence-corrected chi connectivity index (χ3v) is 1.66. The largest absolute Gasteiger partial charge is 0.383 e. The van der Waals surface area contributed by atoms with Gasteiger partial charge < -0.3 is 10.2 Å². The van der Waals surface area contributed by atoms with Gasteiger partial charge in [-0.3, -0.25) is 9.67 Å². The van der Waals surface area contributed by atoms with Crippen molar-refractivity contribution in [2.45, 2.75) is 0 Å². The molecule has 78 valence electrons. The van der Waals surface area contributed by atoms with Crippen molar-refractivity contribution < 1.29 is 4.74 Å². The van der Waals surface area contributed by atoms with E-state index in [9.17, 15) is 0 Å². The number of nitrogens with zero attached hydrogens (tertiary/aromatic N) is 3. The van der Waals surface area contributed by atoms with Crippen molar-refractivity contribution in [3.63, 3.8) is 0 Å². The zero-order valence-corrected chi connectivity index (χ0v) is 8.40. The van der Waals surface area contributed by atoms with Crippen molar-refractivity contribution in [3.8, 4) is 0 Å². The Labute approximate surface area is 82.7 Å². The van der Waals surface area contributed by atoms with Gasteiger partial charge >= 0.3 is 0 Å². The van der Waals surface area contributed by atoms with Crippen molar-refractivity contribution in [2.75, 3.05) is 20.3 Å². The summed E-state index contributed by atoms with van der Waals surface area (Å²) in [5, 5.41) is 4.16. The molecule has 3 N–H and O–H groups in total. The number of aryl methyl sites for hydroxylation is 1. The van der Waals surface area contributed by atoms with Crippen LogP contribution in [0.3, 0.4) is 0 Å². The van der Waals surface area contributed by atoms with Gasteiger partial charge in [0.25, 0.3) is 0 Å². The molecule has 14 heavy (non-hydrogen) atoms. The monoisotopic (exact) mass is 197 g/mol. The van der Waals surface area contributed by atoms with Gasteiger partial charge in [0.1, 0.15) is 5.69 Å². The first-order valence-electron chi connectivity index (χ1n) is 4.28. The van der Waals surface area contributed by atoms with Gasteiger partial charge in [-0.2, -0.15) is 5.10 Å². The minimum atomic E-state index is 0.562. The molecule has 0 saturated heterocycles. The molecule has 0 amide bonds. The molecule has 6 heteroatoms. The predicted octanol–water partition coefficient (Wildman–Crippen LogP) is -0.724. The molecule has 0 fully saturated rings. The zero-order chi connectivity index (χ0) is 10.4. The van der Waals surface area contributed by atoms with Crippen LogP contribution in [0, 0.1) is 0 Å². The van der Waals surface area contributed by atoms with Gasteiger partial charge in [-0.05, 0) is 6.07 Å². The molecule has 0 aliphatic rings. The van der Waals surface area contributed by atoms with Gasteiger partial charge in [-0.15, -0.1) is 0 Å². The van der Waals surface area contributed by atoms with Gasteiger partial charge in [0.15, 0.2) is 5.84 Å². The van der Waals surface area contributed by atoms with Crippen molar-refractivity contribution >= 4 is 5.84 Å². The van der Waals surface area contributed by atoms with Crippen LogP contribution in [0.15, 0.2) is 17.3 Å². The number of amidine groups is 1. The second-order valence-electron chi connectivity index (χ2n) is 2.74. The van der Waals surface area contributed by atoms with Gasteiger partial charge in [0.2, 0.25) is 0 Å². The van der Waals surface area contributed by atoms with Crippen LogP contribution in [0.5, 0.6) is 0 Å². The number of hydrazine groups is 1. The Hall–Kier alpha value is -1.40. The lowest BCUT2D eigenvalue weighted by Crippen LogP contribution is -2.32. The van der Waals surface area contributed by atoms with E-state index in [1.165, 1.54) is 0 Å². The van der Waals surface area contributed by atoms with E-state index in [1.807, 2.05) is 19.3 Å². The molecular weight excluding hydrogens is 182 g/mol. The summed E-state index contributed by atoms with van der Waals surface area (Å²) in [7, 11) is 3.47. The number of aliphatic imine (C=N–C) groups is 1. The molecule has 0 bridgehead atoms. The summed E-state index contributed by atoms with van der Waals surface area (Å²) in [5.74, 6) is 5.90. The normalized spacial score (nSPS) is 11.8. The van der Waals surface area contributed by atoms with Crippen molar-refractivity contribution in [1.29, 1.82) is 0 Å². The Morgan fingerprint density at radius 2 is 2.57 bits per heavy atom. The number of ether oxygens (including phenoxy) is 1. The Morgan fingerprint density at radius 3 is 3.07 bits per heavy atom.